The van der Waals surface area contributed by atoms with Crippen molar-refractivity contribution in [3.05, 3.63) is 62.6 Å². The van der Waals surface area contributed by atoms with Gasteiger partial charge in [-0.25, -0.2) is 9.36 Å². The molecule has 5 nitrogen and oxygen atoms in total. The molecular weight excluding hydrogens is 234 g/mol. The van der Waals surface area contributed by atoms with Crippen molar-refractivity contribution >= 4 is 5.78 Å². The Balaban J connectivity index is 2.86. The van der Waals surface area contributed by atoms with Crippen LogP contribution in [0, 0.1) is 6.92 Å². The number of hydrogen-bond acceptors (Lipinski definition) is 4. The van der Waals surface area contributed by atoms with Gasteiger partial charge in [-0.05, 0) is 26.0 Å². The molecule has 0 aliphatic carbocycles. The minimum Gasteiger partial charge on any atom is -0.413 e. The van der Waals surface area contributed by atoms with Gasteiger partial charge in [0.25, 0.3) is 5.56 Å². The molecule has 0 atom stereocenters. The first kappa shape index (κ1) is 12.0. The Bertz CT molecular complexity index is 710. The number of hydrogen-bond donors (Lipinski definition) is 0. The van der Waals surface area contributed by atoms with Crippen molar-refractivity contribution in [2.45, 2.75) is 13.8 Å². The number of Topliss-reactive ketones (excluding diaryl/α,β-unsaturated/α-hetero) is 1. The SMILES string of the molecule is CC(=O)c1c(C)oc(=O)n(-c2ccccc2)c1=O. The molecule has 1 aromatic heterocycles. The molecule has 18 heavy (non-hydrogen) atoms. The number of aromatic nitrogens is 1. The predicted molar refractivity (Wildman–Crippen MR) is 65.3 cm³/mol. The average Bonchev–Trinajstić information content (AvgIpc) is 2.28. The van der Waals surface area contributed by atoms with Gasteiger partial charge in [0, 0.05) is 0 Å². The largest absolute Gasteiger partial charge is 0.426 e. The lowest BCUT2D eigenvalue weighted by Gasteiger charge is -2.06. The van der Waals surface area contributed by atoms with Crippen molar-refractivity contribution in [3.63, 3.8) is 0 Å². The molecule has 0 saturated heterocycles. The van der Waals surface area contributed by atoms with Crippen LogP contribution in [-0.2, 0) is 0 Å². The maximum absolute atomic E-state index is 12.1. The smallest absolute Gasteiger partial charge is 0.413 e. The highest BCUT2D eigenvalue weighted by atomic mass is 16.4. The first-order chi connectivity index (χ1) is 8.52. The second-order valence-corrected chi connectivity index (χ2v) is 3.83. The Morgan fingerprint density at radius 2 is 1.78 bits per heavy atom. The quantitative estimate of drug-likeness (QED) is 0.748. The zero-order valence-electron chi connectivity index (χ0n) is 9.97. The third-order valence-electron chi connectivity index (χ3n) is 2.56. The first-order valence-electron chi connectivity index (χ1n) is 5.35. The van der Waals surface area contributed by atoms with Gasteiger partial charge < -0.3 is 4.42 Å². The van der Waals surface area contributed by atoms with Crippen molar-refractivity contribution in [2.75, 3.05) is 0 Å². The summed E-state index contributed by atoms with van der Waals surface area (Å²) in [5, 5.41) is 0. The lowest BCUT2D eigenvalue weighted by Crippen LogP contribution is -2.35. The van der Waals surface area contributed by atoms with E-state index >= 15 is 0 Å². The molecule has 0 radical (unpaired) electrons. The molecule has 0 aliphatic rings. The molecule has 0 unspecified atom stereocenters. The van der Waals surface area contributed by atoms with Gasteiger partial charge >= 0.3 is 5.76 Å². The molecule has 0 aliphatic heterocycles. The molecule has 0 fully saturated rings. The van der Waals surface area contributed by atoms with E-state index in [4.69, 9.17) is 4.42 Å². The predicted octanol–water partition coefficient (Wildman–Crippen LogP) is 1.30. The van der Waals surface area contributed by atoms with Crippen LogP contribution in [0.3, 0.4) is 0 Å². The molecule has 0 spiro atoms. The summed E-state index contributed by atoms with van der Waals surface area (Å²) in [7, 11) is 0. The highest BCUT2D eigenvalue weighted by molar-refractivity contribution is 5.94. The third kappa shape index (κ3) is 1.90. The minimum atomic E-state index is -0.797. The fraction of sp³-hybridized carbons (Fsp3) is 0.154. The number of ketones is 1. The van der Waals surface area contributed by atoms with Gasteiger partial charge in [-0.15, -0.1) is 0 Å². The van der Waals surface area contributed by atoms with Crippen molar-refractivity contribution < 1.29 is 9.21 Å². The average molecular weight is 245 g/mol. The standard InChI is InChI=1S/C13H11NO4/c1-8(15)11-9(2)18-13(17)14(12(11)16)10-6-4-3-5-7-10/h3-7H,1-2H3. The Hall–Kier alpha value is -2.43. The third-order valence-corrected chi connectivity index (χ3v) is 2.56. The summed E-state index contributed by atoms with van der Waals surface area (Å²) in [4.78, 5) is 35.3. The summed E-state index contributed by atoms with van der Waals surface area (Å²) in [5.74, 6) is -1.18. The topological polar surface area (TPSA) is 69.3 Å². The van der Waals surface area contributed by atoms with Crippen LogP contribution in [0.15, 0.2) is 44.3 Å². The van der Waals surface area contributed by atoms with E-state index in [9.17, 15) is 14.4 Å². The van der Waals surface area contributed by atoms with Gasteiger partial charge in [-0.1, -0.05) is 18.2 Å². The van der Waals surface area contributed by atoms with E-state index in [2.05, 4.69) is 0 Å². The number of carbonyl (C=O) groups excluding carboxylic acids is 1. The molecule has 2 aromatic rings. The van der Waals surface area contributed by atoms with Gasteiger partial charge in [0.05, 0.1) is 5.69 Å². The zero-order valence-corrected chi connectivity index (χ0v) is 9.97. The van der Waals surface area contributed by atoms with Crippen LogP contribution in [0.25, 0.3) is 5.69 Å². The van der Waals surface area contributed by atoms with Crippen LogP contribution >= 0.6 is 0 Å². The second kappa shape index (κ2) is 4.44. The number of carbonyl (C=O) groups is 1. The van der Waals surface area contributed by atoms with E-state index in [0.29, 0.717) is 5.69 Å². The normalized spacial score (nSPS) is 10.3. The van der Waals surface area contributed by atoms with Crippen molar-refractivity contribution in [1.82, 2.24) is 4.57 Å². The number of aryl methyl sites for hydroxylation is 1. The van der Waals surface area contributed by atoms with Gasteiger partial charge in [0.15, 0.2) is 5.78 Å². The van der Waals surface area contributed by atoms with Crippen LogP contribution in [0.5, 0.6) is 0 Å². The number of benzene rings is 1. The summed E-state index contributed by atoms with van der Waals surface area (Å²) in [6.45, 7) is 2.69. The molecule has 0 amide bonds. The first-order valence-corrected chi connectivity index (χ1v) is 5.35. The van der Waals surface area contributed by atoms with E-state index < -0.39 is 17.1 Å². The molecule has 0 saturated carbocycles. The van der Waals surface area contributed by atoms with Crippen LogP contribution in [0.1, 0.15) is 23.0 Å². The van der Waals surface area contributed by atoms with Gasteiger partial charge in [-0.3, -0.25) is 9.59 Å². The molecular formula is C13H11NO4. The van der Waals surface area contributed by atoms with E-state index in [0.717, 1.165) is 4.57 Å². The van der Waals surface area contributed by atoms with Crippen LogP contribution in [0.2, 0.25) is 0 Å². The highest BCUT2D eigenvalue weighted by Crippen LogP contribution is 2.05. The van der Waals surface area contributed by atoms with E-state index in [1.54, 1.807) is 30.3 Å². The van der Waals surface area contributed by atoms with Gasteiger partial charge in [0.2, 0.25) is 0 Å². The monoisotopic (exact) mass is 245 g/mol. The summed E-state index contributed by atoms with van der Waals surface area (Å²) in [6, 6.07) is 8.33. The zero-order chi connectivity index (χ0) is 13.3. The Labute approximate surface area is 102 Å². The maximum Gasteiger partial charge on any atom is 0.426 e. The Morgan fingerprint density at radius 1 is 1.17 bits per heavy atom. The molecule has 0 bridgehead atoms. The number of para-hydroxylation sites is 1. The van der Waals surface area contributed by atoms with Crippen LogP contribution in [-0.4, -0.2) is 10.4 Å². The molecule has 1 aromatic carbocycles. The molecule has 1 heterocycles. The van der Waals surface area contributed by atoms with E-state index in [1.807, 2.05) is 0 Å². The van der Waals surface area contributed by atoms with E-state index in [-0.39, 0.29) is 11.3 Å². The Kier molecular flexibility index (Phi) is 2.97. The Morgan fingerprint density at radius 3 is 2.33 bits per heavy atom. The number of rotatable bonds is 2. The van der Waals surface area contributed by atoms with Crippen molar-refractivity contribution in [2.24, 2.45) is 0 Å². The van der Waals surface area contributed by atoms with E-state index in [1.165, 1.54) is 13.8 Å². The van der Waals surface area contributed by atoms with Gasteiger partial charge in [-0.2, -0.15) is 0 Å². The summed E-state index contributed by atoms with van der Waals surface area (Å²) in [6.07, 6.45) is 0. The van der Waals surface area contributed by atoms with Crippen molar-refractivity contribution in [3.8, 4) is 5.69 Å². The number of nitrogens with zero attached hydrogens (tertiary/aromatic N) is 1. The second-order valence-electron chi connectivity index (χ2n) is 3.83. The summed E-state index contributed by atoms with van der Waals surface area (Å²) < 4.78 is 5.77. The van der Waals surface area contributed by atoms with Gasteiger partial charge in [0.1, 0.15) is 11.3 Å². The maximum atomic E-state index is 12.1. The highest BCUT2D eigenvalue weighted by Gasteiger charge is 2.17. The molecule has 92 valence electrons. The fourth-order valence-corrected chi connectivity index (χ4v) is 1.77. The lowest BCUT2D eigenvalue weighted by molar-refractivity contribution is 0.101. The summed E-state index contributed by atoms with van der Waals surface area (Å²) >= 11 is 0. The fourth-order valence-electron chi connectivity index (χ4n) is 1.77. The molecule has 5 heteroatoms. The minimum absolute atomic E-state index is 0.0460. The lowest BCUT2D eigenvalue weighted by atomic mass is 10.2. The van der Waals surface area contributed by atoms with Crippen LogP contribution < -0.4 is 11.3 Å². The van der Waals surface area contributed by atoms with Crippen LogP contribution in [0.4, 0.5) is 0 Å². The summed E-state index contributed by atoms with van der Waals surface area (Å²) in [5.41, 5.74) is -0.375. The van der Waals surface area contributed by atoms with Crippen molar-refractivity contribution in [1.29, 1.82) is 0 Å². The molecule has 0 N–H and O–H groups in total. The molecule has 2 rings (SSSR count).